The standard InChI is InChI=1S/C31H45N3O5S/c1-6-17-33(23-15-13-22(14-16-23)32(7-2)8-3)29(37)27-31-21(5)20-24(40-31)25(30(38)39-9-4)26(31)28(36)34(27)18-11-10-12-19-35/h6,13-16,21,24-27,35H,1,7-12,17-20H2,2-5H3/t21?,24-,25+,26+,27?,31?/m1/s1. The second-order valence-corrected chi connectivity index (χ2v) is 12.6. The number of aliphatic hydroxyl groups excluding tert-OH is 1. The maximum atomic E-state index is 14.7. The lowest BCUT2D eigenvalue weighted by Gasteiger charge is -2.40. The lowest BCUT2D eigenvalue weighted by atomic mass is 9.66. The van der Waals surface area contributed by atoms with E-state index in [1.807, 2.05) is 24.3 Å². The van der Waals surface area contributed by atoms with Gasteiger partial charge in [-0.25, -0.2) is 0 Å². The molecule has 0 saturated carbocycles. The minimum atomic E-state index is -0.689. The van der Waals surface area contributed by atoms with Crippen LogP contribution in [0, 0.1) is 17.8 Å². The number of anilines is 2. The number of hydrogen-bond acceptors (Lipinski definition) is 7. The zero-order valence-electron chi connectivity index (χ0n) is 24.4. The largest absolute Gasteiger partial charge is 0.466 e. The molecule has 1 aromatic rings. The van der Waals surface area contributed by atoms with Crippen LogP contribution in [0.5, 0.6) is 0 Å². The Morgan fingerprint density at radius 1 is 1.15 bits per heavy atom. The van der Waals surface area contributed by atoms with Crippen molar-refractivity contribution in [2.45, 2.75) is 69.4 Å². The fourth-order valence-corrected chi connectivity index (χ4v) is 9.55. The van der Waals surface area contributed by atoms with Crippen LogP contribution in [-0.2, 0) is 19.1 Å². The summed E-state index contributed by atoms with van der Waals surface area (Å²) in [7, 11) is 0. The molecule has 0 aliphatic carbocycles. The number of nitrogens with zero attached hydrogens (tertiary/aromatic N) is 3. The van der Waals surface area contributed by atoms with Gasteiger partial charge in [0.25, 0.3) is 5.91 Å². The van der Waals surface area contributed by atoms with Crippen LogP contribution in [0.15, 0.2) is 36.9 Å². The number of amides is 2. The third-order valence-corrected chi connectivity index (χ3v) is 11.0. The molecule has 0 radical (unpaired) electrons. The number of aliphatic hydroxyl groups is 1. The number of unbranched alkanes of at least 4 members (excludes halogenated alkanes) is 2. The zero-order valence-corrected chi connectivity index (χ0v) is 25.2. The summed E-state index contributed by atoms with van der Waals surface area (Å²) in [5, 5.41) is 9.25. The van der Waals surface area contributed by atoms with Gasteiger partial charge >= 0.3 is 5.97 Å². The first-order valence-electron chi connectivity index (χ1n) is 14.8. The van der Waals surface area contributed by atoms with Crippen molar-refractivity contribution in [1.82, 2.24) is 4.90 Å². The van der Waals surface area contributed by atoms with Gasteiger partial charge in [0.05, 0.1) is 23.2 Å². The molecular weight excluding hydrogens is 526 g/mol. The van der Waals surface area contributed by atoms with Crippen LogP contribution in [0.4, 0.5) is 11.4 Å². The highest BCUT2D eigenvalue weighted by molar-refractivity contribution is 8.02. The number of esters is 1. The minimum absolute atomic E-state index is 0.0314. The van der Waals surface area contributed by atoms with E-state index in [-0.39, 0.29) is 42.2 Å². The summed E-state index contributed by atoms with van der Waals surface area (Å²) in [4.78, 5) is 47.8. The molecule has 1 spiro atoms. The molecular formula is C31H45N3O5S. The highest BCUT2D eigenvalue weighted by Gasteiger charge is 2.76. The Hall–Kier alpha value is -2.52. The zero-order chi connectivity index (χ0) is 29.0. The first kappa shape index (κ1) is 30.4. The number of rotatable bonds is 14. The molecule has 9 heteroatoms. The Kier molecular flexibility index (Phi) is 9.88. The van der Waals surface area contributed by atoms with E-state index in [1.165, 1.54) is 0 Å². The molecule has 1 N–H and O–H groups in total. The predicted molar refractivity (Wildman–Crippen MR) is 160 cm³/mol. The third-order valence-electron chi connectivity index (χ3n) is 8.96. The summed E-state index contributed by atoms with van der Waals surface area (Å²) in [6, 6.07) is 7.32. The number of hydrogen-bond donors (Lipinski definition) is 1. The number of thioether (sulfide) groups is 1. The van der Waals surface area contributed by atoms with Crippen molar-refractivity contribution in [3.63, 3.8) is 0 Å². The van der Waals surface area contributed by atoms with E-state index >= 15 is 0 Å². The Labute approximate surface area is 243 Å². The molecule has 6 atom stereocenters. The molecule has 3 aliphatic rings. The lowest BCUT2D eigenvalue weighted by molar-refractivity contribution is -0.154. The Balaban J connectivity index is 1.73. The van der Waals surface area contributed by atoms with Gasteiger partial charge in [0, 0.05) is 49.4 Å². The average molecular weight is 572 g/mol. The Bertz CT molecular complexity index is 1080. The smallest absolute Gasteiger partial charge is 0.310 e. The van der Waals surface area contributed by atoms with Crippen molar-refractivity contribution < 1.29 is 24.2 Å². The van der Waals surface area contributed by atoms with Crippen LogP contribution in [0.2, 0.25) is 0 Å². The predicted octanol–water partition coefficient (Wildman–Crippen LogP) is 4.11. The maximum Gasteiger partial charge on any atom is 0.310 e. The molecule has 3 saturated heterocycles. The maximum absolute atomic E-state index is 14.7. The molecule has 4 rings (SSSR count). The molecule has 3 aliphatic heterocycles. The van der Waals surface area contributed by atoms with E-state index in [0.717, 1.165) is 37.3 Å². The van der Waals surface area contributed by atoms with Gasteiger partial charge in [-0.1, -0.05) is 13.0 Å². The highest BCUT2D eigenvalue weighted by atomic mass is 32.2. The van der Waals surface area contributed by atoms with E-state index < -0.39 is 22.6 Å². The number of benzene rings is 1. The number of ether oxygens (including phenoxy) is 1. The number of carbonyl (C=O) groups is 3. The van der Waals surface area contributed by atoms with Crippen molar-refractivity contribution in [3.05, 3.63) is 36.9 Å². The van der Waals surface area contributed by atoms with Crippen molar-refractivity contribution in [2.75, 3.05) is 49.2 Å². The van der Waals surface area contributed by atoms with Crippen LogP contribution >= 0.6 is 11.8 Å². The van der Waals surface area contributed by atoms with Gasteiger partial charge in [-0.15, -0.1) is 18.3 Å². The van der Waals surface area contributed by atoms with Crippen LogP contribution in [-0.4, -0.2) is 83.2 Å². The van der Waals surface area contributed by atoms with Crippen molar-refractivity contribution in [2.24, 2.45) is 17.8 Å². The molecule has 2 amide bonds. The van der Waals surface area contributed by atoms with Crippen molar-refractivity contribution in [1.29, 1.82) is 0 Å². The molecule has 40 heavy (non-hydrogen) atoms. The molecule has 1 aromatic carbocycles. The first-order valence-corrected chi connectivity index (χ1v) is 15.7. The summed E-state index contributed by atoms with van der Waals surface area (Å²) < 4.78 is 4.77. The highest BCUT2D eigenvalue weighted by Crippen LogP contribution is 2.68. The average Bonchev–Trinajstić information content (AvgIpc) is 3.54. The summed E-state index contributed by atoms with van der Waals surface area (Å²) >= 11 is 1.67. The normalized spacial score (nSPS) is 28.5. The van der Waals surface area contributed by atoms with Crippen LogP contribution in [0.25, 0.3) is 0 Å². The first-order chi connectivity index (χ1) is 19.3. The molecule has 8 nitrogen and oxygen atoms in total. The van der Waals surface area contributed by atoms with E-state index in [2.05, 4.69) is 32.3 Å². The second kappa shape index (κ2) is 13.0. The quantitative estimate of drug-likeness (QED) is 0.204. The summed E-state index contributed by atoms with van der Waals surface area (Å²) in [5.41, 5.74) is 1.86. The monoisotopic (exact) mass is 571 g/mol. The summed E-state index contributed by atoms with van der Waals surface area (Å²) in [6.45, 7) is 14.9. The number of fused-ring (bicyclic) bond motifs is 1. The number of likely N-dealkylation sites (tertiary alicyclic amines) is 1. The molecule has 0 aromatic heterocycles. The minimum Gasteiger partial charge on any atom is -0.466 e. The van der Waals surface area contributed by atoms with Gasteiger partial charge in [0.1, 0.15) is 6.04 Å². The van der Waals surface area contributed by atoms with Gasteiger partial charge in [-0.2, -0.15) is 0 Å². The van der Waals surface area contributed by atoms with E-state index in [4.69, 9.17) is 4.74 Å². The van der Waals surface area contributed by atoms with Crippen LogP contribution < -0.4 is 9.80 Å². The lowest BCUT2D eigenvalue weighted by Crippen LogP contribution is -2.57. The molecule has 3 unspecified atom stereocenters. The van der Waals surface area contributed by atoms with Crippen molar-refractivity contribution in [3.8, 4) is 0 Å². The van der Waals surface area contributed by atoms with Crippen molar-refractivity contribution >= 4 is 40.9 Å². The van der Waals surface area contributed by atoms with E-state index in [1.54, 1.807) is 34.6 Å². The summed E-state index contributed by atoms with van der Waals surface area (Å²) in [5.74, 6) is -1.58. The fraction of sp³-hybridized carbons (Fsp3) is 0.645. The Morgan fingerprint density at radius 3 is 2.42 bits per heavy atom. The topological polar surface area (TPSA) is 90.4 Å². The Morgan fingerprint density at radius 2 is 1.82 bits per heavy atom. The molecule has 220 valence electrons. The SMILES string of the molecule is C=CCN(C(=O)C1N(CCCCCO)C(=O)[C@@H]2[C@@H](C(=O)OCC)[C@H]3CC(C)C12S3)c1ccc(N(CC)CC)cc1. The third kappa shape index (κ3) is 5.15. The van der Waals surface area contributed by atoms with Gasteiger partial charge in [-0.3, -0.25) is 14.4 Å². The van der Waals surface area contributed by atoms with E-state index in [9.17, 15) is 19.5 Å². The summed E-state index contributed by atoms with van der Waals surface area (Å²) in [6.07, 6.45) is 4.59. The molecule has 3 fully saturated rings. The van der Waals surface area contributed by atoms with Gasteiger partial charge in [0.2, 0.25) is 5.91 Å². The van der Waals surface area contributed by atoms with Crippen LogP contribution in [0.1, 0.15) is 53.4 Å². The fourth-order valence-electron chi connectivity index (χ4n) is 7.15. The molecule has 3 heterocycles. The van der Waals surface area contributed by atoms with Gasteiger partial charge in [0.15, 0.2) is 0 Å². The second-order valence-electron chi connectivity index (χ2n) is 11.0. The number of carbonyl (C=O) groups excluding carboxylic acids is 3. The molecule has 2 bridgehead atoms. The van der Waals surface area contributed by atoms with Gasteiger partial charge in [-0.05, 0) is 76.6 Å². The van der Waals surface area contributed by atoms with E-state index in [0.29, 0.717) is 25.9 Å². The van der Waals surface area contributed by atoms with Gasteiger partial charge < -0.3 is 24.5 Å². The van der Waals surface area contributed by atoms with Crippen LogP contribution in [0.3, 0.4) is 0 Å².